The van der Waals surface area contributed by atoms with Crippen molar-refractivity contribution in [2.75, 3.05) is 11.9 Å². The first-order valence-electron chi connectivity index (χ1n) is 6.63. The molecule has 0 aromatic heterocycles. The molecule has 0 aromatic rings. The van der Waals surface area contributed by atoms with Gasteiger partial charge in [-0.3, -0.25) is 4.79 Å². The van der Waals surface area contributed by atoms with Crippen LogP contribution < -0.4 is 0 Å². The second kappa shape index (κ2) is 9.36. The van der Waals surface area contributed by atoms with E-state index in [0.717, 1.165) is 25.7 Å². The van der Waals surface area contributed by atoms with E-state index in [1.807, 2.05) is 0 Å². The number of ether oxygens (including phenoxy) is 2. The lowest BCUT2D eigenvalue weighted by atomic mass is 10.1. The van der Waals surface area contributed by atoms with E-state index in [1.165, 1.54) is 25.7 Å². The minimum Gasteiger partial charge on any atom is -0.460 e. The molecule has 1 saturated carbocycles. The van der Waals surface area contributed by atoms with Crippen LogP contribution in [-0.4, -0.2) is 30.0 Å². The van der Waals surface area contributed by atoms with Crippen LogP contribution in [0.25, 0.3) is 0 Å². The number of halogens is 1. The molecule has 0 spiro atoms. The molecule has 0 amide bonds. The third-order valence-electron chi connectivity index (χ3n) is 3.06. The van der Waals surface area contributed by atoms with Gasteiger partial charge in [0.05, 0.1) is 0 Å². The number of carbonyl (C=O) groups excluding carboxylic acids is 2. The Morgan fingerprint density at radius 3 is 2.06 bits per heavy atom. The van der Waals surface area contributed by atoms with Gasteiger partial charge < -0.3 is 9.47 Å². The number of alkyl halides is 1. The second-order valence-electron chi connectivity index (χ2n) is 4.60. The summed E-state index contributed by atoms with van der Waals surface area (Å²) in [5.41, 5.74) is 0. The predicted octanol–water partition coefficient (Wildman–Crippen LogP) is 2.97. The van der Waals surface area contributed by atoms with E-state index in [2.05, 4.69) is 15.9 Å². The highest BCUT2D eigenvalue weighted by molar-refractivity contribution is 9.09. The van der Waals surface area contributed by atoms with Crippen LogP contribution in [0.15, 0.2) is 0 Å². The van der Waals surface area contributed by atoms with E-state index in [9.17, 15) is 9.59 Å². The molecule has 0 aliphatic heterocycles. The fourth-order valence-electron chi connectivity index (χ4n) is 2.11. The van der Waals surface area contributed by atoms with Crippen LogP contribution >= 0.6 is 15.9 Å². The van der Waals surface area contributed by atoms with Crippen LogP contribution in [0.1, 0.15) is 51.4 Å². The zero-order valence-corrected chi connectivity index (χ0v) is 12.2. The molecule has 18 heavy (non-hydrogen) atoms. The molecule has 0 aromatic carbocycles. The van der Waals surface area contributed by atoms with Gasteiger partial charge in [-0.25, -0.2) is 4.79 Å². The van der Waals surface area contributed by atoms with Crippen molar-refractivity contribution < 1.29 is 19.1 Å². The van der Waals surface area contributed by atoms with E-state index >= 15 is 0 Å². The van der Waals surface area contributed by atoms with Crippen molar-refractivity contribution in [3.05, 3.63) is 0 Å². The molecule has 0 N–H and O–H groups in total. The van der Waals surface area contributed by atoms with Gasteiger partial charge in [0, 0.05) is 0 Å². The Kier molecular flexibility index (Phi) is 8.05. The fourth-order valence-corrected chi connectivity index (χ4v) is 2.27. The lowest BCUT2D eigenvalue weighted by molar-refractivity contribution is -0.161. The minimum atomic E-state index is -0.443. The van der Waals surface area contributed by atoms with Crippen molar-refractivity contribution >= 4 is 27.9 Å². The largest absolute Gasteiger partial charge is 0.460 e. The summed E-state index contributed by atoms with van der Waals surface area (Å²) < 4.78 is 10.1. The first-order valence-corrected chi connectivity index (χ1v) is 7.75. The molecule has 104 valence electrons. The number of hydrogen-bond donors (Lipinski definition) is 0. The van der Waals surface area contributed by atoms with Crippen LogP contribution in [0.5, 0.6) is 0 Å². The van der Waals surface area contributed by atoms with Crippen LogP contribution in [0.3, 0.4) is 0 Å². The summed E-state index contributed by atoms with van der Waals surface area (Å²) in [6, 6.07) is 0. The highest BCUT2D eigenvalue weighted by Crippen LogP contribution is 2.19. The number of hydrogen-bond acceptors (Lipinski definition) is 4. The third kappa shape index (κ3) is 6.99. The maximum atomic E-state index is 11.5. The first kappa shape index (κ1) is 15.5. The Morgan fingerprint density at radius 2 is 1.50 bits per heavy atom. The Hall–Kier alpha value is -0.580. The molecular weight excluding hydrogens is 300 g/mol. The van der Waals surface area contributed by atoms with Crippen molar-refractivity contribution in [3.63, 3.8) is 0 Å². The Morgan fingerprint density at radius 1 is 0.944 bits per heavy atom. The van der Waals surface area contributed by atoms with Gasteiger partial charge in [-0.1, -0.05) is 41.6 Å². The molecule has 1 aliphatic carbocycles. The highest BCUT2D eigenvalue weighted by atomic mass is 79.9. The Bertz CT molecular complexity index is 258. The van der Waals surface area contributed by atoms with E-state index in [4.69, 9.17) is 9.47 Å². The van der Waals surface area contributed by atoms with Crippen LogP contribution in [0, 0.1) is 0 Å². The second-order valence-corrected chi connectivity index (χ2v) is 5.17. The molecule has 4 nitrogen and oxygen atoms in total. The van der Waals surface area contributed by atoms with Gasteiger partial charge >= 0.3 is 11.9 Å². The monoisotopic (exact) mass is 320 g/mol. The van der Waals surface area contributed by atoms with E-state index in [0.29, 0.717) is 0 Å². The fraction of sp³-hybridized carbons (Fsp3) is 0.846. The number of rotatable bonds is 4. The van der Waals surface area contributed by atoms with Crippen molar-refractivity contribution in [1.29, 1.82) is 0 Å². The summed E-state index contributed by atoms with van der Waals surface area (Å²) in [5, 5.41) is 0.101. The molecule has 0 saturated heterocycles. The average Bonchev–Trinajstić information content (AvgIpc) is 2.50. The topological polar surface area (TPSA) is 52.6 Å². The van der Waals surface area contributed by atoms with Gasteiger partial charge in [-0.2, -0.15) is 0 Å². The molecule has 1 rings (SSSR count). The van der Waals surface area contributed by atoms with Gasteiger partial charge in [0.1, 0.15) is 11.4 Å². The SMILES string of the molecule is O=C(CBr)OCC(=O)OC1CCCCCCCC1. The van der Waals surface area contributed by atoms with E-state index in [-0.39, 0.29) is 18.0 Å². The summed E-state index contributed by atoms with van der Waals surface area (Å²) in [6.07, 6.45) is 9.07. The normalized spacial score (nSPS) is 18.3. The van der Waals surface area contributed by atoms with Gasteiger partial charge in [-0.15, -0.1) is 0 Å². The molecule has 0 unspecified atom stereocenters. The Balaban J connectivity index is 2.25. The van der Waals surface area contributed by atoms with Gasteiger partial charge in [0.2, 0.25) is 0 Å². The molecule has 5 heteroatoms. The van der Waals surface area contributed by atoms with Gasteiger partial charge in [0.15, 0.2) is 6.61 Å². The summed E-state index contributed by atoms with van der Waals surface area (Å²) >= 11 is 2.96. The van der Waals surface area contributed by atoms with Crippen molar-refractivity contribution in [1.82, 2.24) is 0 Å². The molecule has 0 radical (unpaired) electrons. The van der Waals surface area contributed by atoms with Crippen molar-refractivity contribution in [2.45, 2.75) is 57.5 Å². The summed E-state index contributed by atoms with van der Waals surface area (Å²) in [4.78, 5) is 22.4. The lowest BCUT2D eigenvalue weighted by Crippen LogP contribution is -2.23. The maximum absolute atomic E-state index is 11.5. The predicted molar refractivity (Wildman–Crippen MR) is 71.6 cm³/mol. The third-order valence-corrected chi connectivity index (χ3v) is 3.52. The van der Waals surface area contributed by atoms with Crippen molar-refractivity contribution in [2.24, 2.45) is 0 Å². The number of carbonyl (C=O) groups is 2. The van der Waals surface area contributed by atoms with Gasteiger partial charge in [0.25, 0.3) is 0 Å². The Labute approximate surface area is 117 Å². The summed E-state index contributed by atoms with van der Waals surface area (Å²) in [5.74, 6) is -0.880. The summed E-state index contributed by atoms with van der Waals surface area (Å²) in [6.45, 7) is -0.277. The van der Waals surface area contributed by atoms with E-state index < -0.39 is 11.9 Å². The average molecular weight is 321 g/mol. The first-order chi connectivity index (χ1) is 8.72. The molecular formula is C13H21BrO4. The lowest BCUT2D eigenvalue weighted by Gasteiger charge is -2.16. The quantitative estimate of drug-likeness (QED) is 0.590. The zero-order chi connectivity index (χ0) is 13.2. The minimum absolute atomic E-state index is 0.00160. The van der Waals surface area contributed by atoms with Crippen molar-refractivity contribution in [3.8, 4) is 0 Å². The van der Waals surface area contributed by atoms with Crippen LogP contribution in [0.2, 0.25) is 0 Å². The molecule has 1 aliphatic rings. The molecule has 0 atom stereocenters. The van der Waals surface area contributed by atoms with E-state index in [1.54, 1.807) is 0 Å². The maximum Gasteiger partial charge on any atom is 0.344 e. The van der Waals surface area contributed by atoms with Gasteiger partial charge in [-0.05, 0) is 25.7 Å². The number of esters is 2. The molecule has 0 bridgehead atoms. The highest BCUT2D eigenvalue weighted by Gasteiger charge is 2.16. The zero-order valence-electron chi connectivity index (χ0n) is 10.7. The standard InChI is InChI=1S/C13H21BrO4/c14-9-12(15)17-10-13(16)18-11-7-5-3-1-2-4-6-8-11/h11H,1-10H2. The molecule has 0 heterocycles. The smallest absolute Gasteiger partial charge is 0.344 e. The van der Waals surface area contributed by atoms with Crippen LogP contribution in [-0.2, 0) is 19.1 Å². The summed E-state index contributed by atoms with van der Waals surface area (Å²) in [7, 11) is 0. The molecule has 1 fully saturated rings. The van der Waals surface area contributed by atoms with Crippen LogP contribution in [0.4, 0.5) is 0 Å².